The highest BCUT2D eigenvalue weighted by Crippen LogP contribution is 2.28. The SMILES string of the molecule is CS(=O)(=O)Nc1cc(Cl)cc(NC(=O)c2cc(-c3ncc(OC4CN(S(C)(=O)=O)C4)cn3)n(CC(F)(F)F)c2)c1. The highest BCUT2D eigenvalue weighted by atomic mass is 35.5. The summed E-state index contributed by atoms with van der Waals surface area (Å²) in [6.07, 6.45) is 0.413. The van der Waals surface area contributed by atoms with Crippen molar-refractivity contribution in [1.29, 1.82) is 0 Å². The Morgan fingerprint density at radius 3 is 2.27 bits per heavy atom. The minimum absolute atomic E-state index is 0.0715. The number of carbonyl (C=O) groups excluding carboxylic acids is 1. The minimum Gasteiger partial charge on any atom is -0.484 e. The van der Waals surface area contributed by atoms with Crippen molar-refractivity contribution in [2.75, 3.05) is 35.6 Å². The molecule has 4 rings (SSSR count). The number of nitrogens with zero attached hydrogens (tertiary/aromatic N) is 4. The topological polar surface area (TPSA) is 153 Å². The molecule has 1 aliphatic rings. The zero-order chi connectivity index (χ0) is 29.5. The number of amides is 1. The van der Waals surface area contributed by atoms with E-state index in [0.29, 0.717) is 0 Å². The molecule has 2 N–H and O–H groups in total. The van der Waals surface area contributed by atoms with Gasteiger partial charge in [-0.2, -0.15) is 17.5 Å². The Balaban J connectivity index is 1.54. The van der Waals surface area contributed by atoms with E-state index in [-0.39, 0.29) is 52.3 Å². The first kappa shape index (κ1) is 29.6. The molecule has 1 amide bonds. The van der Waals surface area contributed by atoms with Gasteiger partial charge in [0.1, 0.15) is 12.6 Å². The minimum atomic E-state index is -4.63. The molecule has 0 radical (unpaired) electrons. The van der Waals surface area contributed by atoms with E-state index >= 15 is 0 Å². The third kappa shape index (κ3) is 7.83. The molecule has 3 aromatic rings. The molecule has 3 heterocycles. The fourth-order valence-corrected chi connectivity index (χ4v) is 5.39. The van der Waals surface area contributed by atoms with Gasteiger partial charge in [0.2, 0.25) is 20.0 Å². The molecule has 2 aromatic heterocycles. The van der Waals surface area contributed by atoms with Gasteiger partial charge in [-0.05, 0) is 24.3 Å². The molecule has 0 atom stereocenters. The summed E-state index contributed by atoms with van der Waals surface area (Å²) in [7, 11) is -6.97. The summed E-state index contributed by atoms with van der Waals surface area (Å²) in [5.74, 6) is -0.729. The molecule has 1 aliphatic heterocycles. The second-order valence-corrected chi connectivity index (χ2v) is 13.1. The average molecular weight is 623 g/mol. The van der Waals surface area contributed by atoms with E-state index in [1.165, 1.54) is 41.0 Å². The van der Waals surface area contributed by atoms with Crippen molar-refractivity contribution >= 4 is 48.9 Å². The van der Waals surface area contributed by atoms with Gasteiger partial charge in [-0.3, -0.25) is 9.52 Å². The van der Waals surface area contributed by atoms with Gasteiger partial charge in [0.05, 0.1) is 54.9 Å². The molecular weight excluding hydrogens is 601 g/mol. The van der Waals surface area contributed by atoms with Crippen LogP contribution in [0.25, 0.3) is 11.5 Å². The molecule has 18 heteroatoms. The van der Waals surface area contributed by atoms with Crippen molar-refractivity contribution in [1.82, 2.24) is 18.8 Å². The third-order valence-electron chi connectivity index (χ3n) is 5.41. The number of rotatable bonds is 9. The van der Waals surface area contributed by atoms with Crippen molar-refractivity contribution < 1.29 is 39.5 Å². The van der Waals surface area contributed by atoms with Crippen molar-refractivity contribution in [3.63, 3.8) is 0 Å². The van der Waals surface area contributed by atoms with Crippen molar-refractivity contribution in [3.05, 3.63) is 53.4 Å². The second kappa shape index (κ2) is 10.9. The molecule has 216 valence electrons. The molecule has 1 saturated heterocycles. The van der Waals surface area contributed by atoms with Gasteiger partial charge >= 0.3 is 6.18 Å². The maximum atomic E-state index is 13.3. The van der Waals surface area contributed by atoms with E-state index in [4.69, 9.17) is 16.3 Å². The average Bonchev–Trinajstić information content (AvgIpc) is 3.16. The number of hydrogen-bond acceptors (Lipinski definition) is 8. The largest absolute Gasteiger partial charge is 0.484 e. The first-order valence-corrected chi connectivity index (χ1v) is 15.4. The standard InChI is InChI=1S/C22H22ClF3N6O6S2/c1-39(34,35)30-16-5-14(23)4-15(6-16)29-21(33)13-3-19(31(9-13)12-22(24,25)26)20-27-7-17(8-28-20)38-18-10-32(11-18)40(2,36)37/h3-9,18,30H,10-12H2,1-2H3,(H,29,33). The van der Waals surface area contributed by atoms with E-state index in [1.807, 2.05) is 0 Å². The molecule has 0 bridgehead atoms. The number of carbonyl (C=O) groups is 1. The number of benzene rings is 1. The normalized spacial score (nSPS) is 14.9. The van der Waals surface area contributed by atoms with Crippen LogP contribution < -0.4 is 14.8 Å². The molecule has 0 unspecified atom stereocenters. The third-order valence-corrected chi connectivity index (χ3v) is 7.47. The summed E-state index contributed by atoms with van der Waals surface area (Å²) in [6, 6.07) is 5.11. The zero-order valence-corrected chi connectivity index (χ0v) is 23.2. The Labute approximate surface area is 232 Å². The summed E-state index contributed by atoms with van der Waals surface area (Å²) in [5.41, 5.74) is -0.0956. The molecule has 12 nitrogen and oxygen atoms in total. The van der Waals surface area contributed by atoms with Crippen molar-refractivity contribution in [2.45, 2.75) is 18.8 Å². The summed E-state index contributed by atoms with van der Waals surface area (Å²) in [6.45, 7) is -1.14. The first-order chi connectivity index (χ1) is 18.4. The molecular formula is C22H22ClF3N6O6S2. The predicted octanol–water partition coefficient (Wildman–Crippen LogP) is 2.81. The van der Waals surface area contributed by atoms with Crippen LogP contribution in [0.4, 0.5) is 24.5 Å². The van der Waals surface area contributed by atoms with Crippen LogP contribution in [-0.4, -0.2) is 79.5 Å². The quantitative estimate of drug-likeness (QED) is 0.370. The Bertz CT molecular complexity index is 1640. The Hall–Kier alpha value is -3.41. The van der Waals surface area contributed by atoms with Crippen LogP contribution in [0.1, 0.15) is 10.4 Å². The van der Waals surface area contributed by atoms with Gasteiger partial charge in [0, 0.05) is 16.9 Å². The smallest absolute Gasteiger partial charge is 0.406 e. The molecule has 0 spiro atoms. The van der Waals surface area contributed by atoms with Crippen molar-refractivity contribution in [2.24, 2.45) is 0 Å². The first-order valence-electron chi connectivity index (χ1n) is 11.3. The van der Waals surface area contributed by atoms with Crippen LogP contribution in [0.3, 0.4) is 0 Å². The van der Waals surface area contributed by atoms with Gasteiger partial charge in [-0.1, -0.05) is 11.6 Å². The lowest BCUT2D eigenvalue weighted by Gasteiger charge is -2.36. The molecule has 1 fully saturated rings. The van der Waals surface area contributed by atoms with Crippen LogP contribution in [0.5, 0.6) is 5.75 Å². The summed E-state index contributed by atoms with van der Waals surface area (Å²) in [5, 5.41) is 2.58. The number of ether oxygens (including phenoxy) is 1. The Kier molecular flexibility index (Phi) is 8.04. The number of nitrogens with one attached hydrogen (secondary N) is 2. The second-order valence-electron chi connectivity index (χ2n) is 8.98. The molecule has 0 aliphatic carbocycles. The Morgan fingerprint density at radius 2 is 1.70 bits per heavy atom. The fourth-order valence-electron chi connectivity index (χ4n) is 3.73. The van der Waals surface area contributed by atoms with Gasteiger partial charge in [0.15, 0.2) is 11.6 Å². The number of anilines is 2. The maximum Gasteiger partial charge on any atom is 0.406 e. The number of alkyl halides is 3. The highest BCUT2D eigenvalue weighted by molar-refractivity contribution is 7.92. The number of aromatic nitrogens is 3. The number of hydrogen-bond donors (Lipinski definition) is 2. The van der Waals surface area contributed by atoms with E-state index in [0.717, 1.165) is 23.3 Å². The summed E-state index contributed by atoms with van der Waals surface area (Å²) < 4.78 is 95.7. The maximum absolute atomic E-state index is 13.3. The summed E-state index contributed by atoms with van der Waals surface area (Å²) >= 11 is 6.00. The van der Waals surface area contributed by atoms with Gasteiger partial charge < -0.3 is 14.6 Å². The van der Waals surface area contributed by atoms with Gasteiger partial charge in [-0.15, -0.1) is 0 Å². The number of sulfonamides is 2. The fraction of sp³-hybridized carbons (Fsp3) is 0.318. The van der Waals surface area contributed by atoms with E-state index in [9.17, 15) is 34.8 Å². The van der Waals surface area contributed by atoms with Crippen LogP contribution in [0.2, 0.25) is 5.02 Å². The lowest BCUT2D eigenvalue weighted by Crippen LogP contribution is -2.55. The summed E-state index contributed by atoms with van der Waals surface area (Å²) in [4.78, 5) is 21.0. The van der Waals surface area contributed by atoms with E-state index < -0.39 is 44.8 Å². The van der Waals surface area contributed by atoms with E-state index in [1.54, 1.807) is 0 Å². The van der Waals surface area contributed by atoms with Crippen LogP contribution in [-0.2, 0) is 26.6 Å². The molecule has 1 aromatic carbocycles. The molecule has 40 heavy (non-hydrogen) atoms. The lowest BCUT2D eigenvalue weighted by molar-refractivity contribution is -0.140. The Morgan fingerprint density at radius 1 is 1.07 bits per heavy atom. The number of halogens is 4. The highest BCUT2D eigenvalue weighted by Gasteiger charge is 2.35. The lowest BCUT2D eigenvalue weighted by atomic mass is 10.2. The monoisotopic (exact) mass is 622 g/mol. The zero-order valence-electron chi connectivity index (χ0n) is 20.8. The van der Waals surface area contributed by atoms with Crippen LogP contribution in [0, 0.1) is 0 Å². The van der Waals surface area contributed by atoms with Crippen molar-refractivity contribution in [3.8, 4) is 17.3 Å². The van der Waals surface area contributed by atoms with Crippen LogP contribution >= 0.6 is 11.6 Å². The van der Waals surface area contributed by atoms with Gasteiger partial charge in [-0.25, -0.2) is 26.8 Å². The predicted molar refractivity (Wildman–Crippen MR) is 140 cm³/mol. The van der Waals surface area contributed by atoms with E-state index in [2.05, 4.69) is 20.0 Å². The molecule has 0 saturated carbocycles. The van der Waals surface area contributed by atoms with Crippen LogP contribution in [0.15, 0.2) is 42.9 Å². The van der Waals surface area contributed by atoms with Gasteiger partial charge in [0.25, 0.3) is 5.91 Å².